The highest BCUT2D eigenvalue weighted by molar-refractivity contribution is 5.78. The molecular weight excluding hydrogens is 272 g/mol. The quantitative estimate of drug-likeness (QED) is 0.849. The third-order valence-corrected chi connectivity index (χ3v) is 5.27. The molecule has 0 bridgehead atoms. The number of para-hydroxylation sites is 1. The molecule has 120 valence electrons. The predicted molar refractivity (Wildman–Crippen MR) is 91.0 cm³/mol. The van der Waals surface area contributed by atoms with Crippen molar-refractivity contribution >= 4 is 11.6 Å². The molecule has 2 aliphatic rings. The van der Waals surface area contributed by atoms with Gasteiger partial charge in [0.15, 0.2) is 0 Å². The van der Waals surface area contributed by atoms with Gasteiger partial charge in [-0.05, 0) is 37.3 Å². The van der Waals surface area contributed by atoms with Crippen LogP contribution in [0.4, 0.5) is 5.69 Å². The molecule has 0 spiro atoms. The number of amides is 1. The molecule has 2 fully saturated rings. The van der Waals surface area contributed by atoms with Gasteiger partial charge in [0.05, 0.1) is 0 Å². The summed E-state index contributed by atoms with van der Waals surface area (Å²) in [6.07, 6.45) is 7.16. The van der Waals surface area contributed by atoms with Crippen molar-refractivity contribution in [2.24, 2.45) is 11.8 Å². The Morgan fingerprint density at radius 2 is 1.86 bits per heavy atom. The van der Waals surface area contributed by atoms with Gasteiger partial charge in [0.25, 0.3) is 0 Å². The third kappa shape index (κ3) is 3.63. The van der Waals surface area contributed by atoms with Gasteiger partial charge in [0.1, 0.15) is 0 Å². The van der Waals surface area contributed by atoms with Gasteiger partial charge in [-0.25, -0.2) is 0 Å². The predicted octanol–water partition coefficient (Wildman–Crippen LogP) is 3.55. The first-order valence-corrected chi connectivity index (χ1v) is 8.79. The summed E-state index contributed by atoms with van der Waals surface area (Å²) in [6.45, 7) is 3.10. The monoisotopic (exact) mass is 300 g/mol. The molecule has 1 aromatic carbocycles. The minimum Gasteiger partial charge on any atom is -0.371 e. The Morgan fingerprint density at radius 1 is 1.14 bits per heavy atom. The molecule has 22 heavy (non-hydrogen) atoms. The normalized spacial score (nSPS) is 22.8. The first-order valence-electron chi connectivity index (χ1n) is 8.79. The number of rotatable bonds is 4. The van der Waals surface area contributed by atoms with Crippen molar-refractivity contribution in [2.75, 3.05) is 31.6 Å². The van der Waals surface area contributed by atoms with Crippen LogP contribution in [0.5, 0.6) is 0 Å². The highest BCUT2D eigenvalue weighted by Crippen LogP contribution is 2.27. The maximum absolute atomic E-state index is 12.5. The molecule has 1 saturated carbocycles. The summed E-state index contributed by atoms with van der Waals surface area (Å²) in [4.78, 5) is 17.0. The van der Waals surface area contributed by atoms with E-state index in [0.717, 1.165) is 32.5 Å². The topological polar surface area (TPSA) is 23.6 Å². The van der Waals surface area contributed by atoms with Crippen LogP contribution in [0.3, 0.4) is 0 Å². The Bertz CT molecular complexity index is 481. The molecule has 3 nitrogen and oxygen atoms in total. The van der Waals surface area contributed by atoms with Gasteiger partial charge in [0.2, 0.25) is 5.91 Å². The van der Waals surface area contributed by atoms with Crippen molar-refractivity contribution in [3.8, 4) is 0 Å². The number of hydrogen-bond donors (Lipinski definition) is 0. The Balaban J connectivity index is 1.50. The van der Waals surface area contributed by atoms with E-state index in [2.05, 4.69) is 35.2 Å². The van der Waals surface area contributed by atoms with Crippen molar-refractivity contribution in [1.29, 1.82) is 0 Å². The average Bonchev–Trinajstić information content (AvgIpc) is 3.04. The third-order valence-electron chi connectivity index (χ3n) is 5.27. The number of hydrogen-bond acceptors (Lipinski definition) is 2. The zero-order valence-corrected chi connectivity index (χ0v) is 13.7. The molecule has 1 heterocycles. The first-order chi connectivity index (χ1) is 10.7. The number of benzene rings is 1. The van der Waals surface area contributed by atoms with E-state index in [4.69, 9.17) is 0 Å². The van der Waals surface area contributed by atoms with Crippen LogP contribution < -0.4 is 4.90 Å². The van der Waals surface area contributed by atoms with Crippen LogP contribution >= 0.6 is 0 Å². The fourth-order valence-corrected chi connectivity index (χ4v) is 3.99. The summed E-state index contributed by atoms with van der Waals surface area (Å²) in [6, 6.07) is 10.6. The Hall–Kier alpha value is -1.51. The summed E-state index contributed by atoms with van der Waals surface area (Å²) in [5, 5.41) is 0. The highest BCUT2D eigenvalue weighted by atomic mass is 16.2. The standard InChI is InChI=1S/C19H28N2O/c1-20(19(22)17-8-4-2-5-9-17)14-16-12-13-21(15-16)18-10-6-3-7-11-18/h3,6-7,10-11,16-17H,2,4-5,8-9,12-15H2,1H3. The Morgan fingerprint density at radius 3 is 2.59 bits per heavy atom. The molecule has 1 aliphatic heterocycles. The van der Waals surface area contributed by atoms with Gasteiger partial charge >= 0.3 is 0 Å². The minimum absolute atomic E-state index is 0.297. The van der Waals surface area contributed by atoms with Gasteiger partial charge in [0, 0.05) is 38.3 Å². The van der Waals surface area contributed by atoms with Crippen molar-refractivity contribution in [1.82, 2.24) is 4.90 Å². The lowest BCUT2D eigenvalue weighted by Crippen LogP contribution is -2.37. The summed E-state index contributed by atoms with van der Waals surface area (Å²) in [5.41, 5.74) is 1.31. The maximum atomic E-state index is 12.5. The van der Waals surface area contributed by atoms with Crippen molar-refractivity contribution in [3.05, 3.63) is 30.3 Å². The lowest BCUT2D eigenvalue weighted by Gasteiger charge is -2.28. The maximum Gasteiger partial charge on any atom is 0.225 e. The smallest absolute Gasteiger partial charge is 0.225 e. The Labute approximate surface area is 134 Å². The summed E-state index contributed by atoms with van der Waals surface area (Å²) in [7, 11) is 2.00. The lowest BCUT2D eigenvalue weighted by molar-refractivity contribution is -0.135. The van der Waals surface area contributed by atoms with Crippen LogP contribution in [0.15, 0.2) is 30.3 Å². The molecule has 1 aliphatic carbocycles. The fraction of sp³-hybridized carbons (Fsp3) is 0.632. The second-order valence-corrected chi connectivity index (χ2v) is 6.99. The van der Waals surface area contributed by atoms with Crippen molar-refractivity contribution < 1.29 is 4.79 Å². The summed E-state index contributed by atoms with van der Waals surface area (Å²) >= 11 is 0. The number of carbonyl (C=O) groups excluding carboxylic acids is 1. The van der Waals surface area contributed by atoms with Crippen LogP contribution in [0.25, 0.3) is 0 Å². The average molecular weight is 300 g/mol. The minimum atomic E-state index is 0.297. The molecule has 3 heteroatoms. The van der Waals surface area contributed by atoms with Gasteiger partial charge in [-0.3, -0.25) is 4.79 Å². The van der Waals surface area contributed by atoms with E-state index in [0.29, 0.717) is 17.7 Å². The molecule has 1 unspecified atom stereocenters. The lowest BCUT2D eigenvalue weighted by atomic mass is 9.88. The van der Waals surface area contributed by atoms with Crippen LogP contribution in [-0.4, -0.2) is 37.5 Å². The van der Waals surface area contributed by atoms with Gasteiger partial charge in [-0.15, -0.1) is 0 Å². The van der Waals surface area contributed by atoms with Crippen LogP contribution in [0, 0.1) is 11.8 Å². The van der Waals surface area contributed by atoms with E-state index in [9.17, 15) is 4.79 Å². The van der Waals surface area contributed by atoms with E-state index in [1.165, 1.54) is 31.4 Å². The molecule has 1 saturated heterocycles. The largest absolute Gasteiger partial charge is 0.371 e. The molecule has 0 aromatic heterocycles. The highest BCUT2D eigenvalue weighted by Gasteiger charge is 2.28. The molecule has 0 N–H and O–H groups in total. The zero-order chi connectivity index (χ0) is 15.4. The van der Waals surface area contributed by atoms with Gasteiger partial charge in [-0.1, -0.05) is 37.5 Å². The Kier molecular flexibility index (Phi) is 5.01. The first kappa shape index (κ1) is 15.4. The molecule has 3 rings (SSSR count). The van der Waals surface area contributed by atoms with E-state index in [1.807, 2.05) is 11.9 Å². The van der Waals surface area contributed by atoms with Crippen LogP contribution in [-0.2, 0) is 4.79 Å². The molecule has 1 aromatic rings. The summed E-state index contributed by atoms with van der Waals surface area (Å²) < 4.78 is 0. The molecule has 1 amide bonds. The van der Waals surface area contributed by atoms with E-state index >= 15 is 0 Å². The van der Waals surface area contributed by atoms with Gasteiger partial charge in [-0.2, -0.15) is 0 Å². The second-order valence-electron chi connectivity index (χ2n) is 6.99. The van der Waals surface area contributed by atoms with Crippen LogP contribution in [0.1, 0.15) is 38.5 Å². The van der Waals surface area contributed by atoms with E-state index in [1.54, 1.807) is 0 Å². The number of anilines is 1. The molecule has 1 atom stereocenters. The summed E-state index contributed by atoms with van der Waals surface area (Å²) in [5.74, 6) is 1.29. The molecular formula is C19H28N2O. The second kappa shape index (κ2) is 7.17. The van der Waals surface area contributed by atoms with E-state index in [-0.39, 0.29) is 0 Å². The zero-order valence-electron chi connectivity index (χ0n) is 13.7. The van der Waals surface area contributed by atoms with Gasteiger partial charge < -0.3 is 9.80 Å². The van der Waals surface area contributed by atoms with Crippen molar-refractivity contribution in [2.45, 2.75) is 38.5 Å². The fourth-order valence-electron chi connectivity index (χ4n) is 3.99. The number of carbonyl (C=O) groups is 1. The SMILES string of the molecule is CN(CC1CCN(c2ccccc2)C1)C(=O)C1CCCCC1. The number of nitrogens with zero attached hydrogens (tertiary/aromatic N) is 2. The van der Waals surface area contributed by atoms with E-state index < -0.39 is 0 Å². The molecule has 0 radical (unpaired) electrons. The van der Waals surface area contributed by atoms with Crippen molar-refractivity contribution in [3.63, 3.8) is 0 Å². The van der Waals surface area contributed by atoms with Crippen LogP contribution in [0.2, 0.25) is 0 Å².